The number of nitrogens with zero attached hydrogens (tertiary/aromatic N) is 3. The van der Waals surface area contributed by atoms with Gasteiger partial charge in [-0.2, -0.15) is 5.06 Å². The highest BCUT2D eigenvalue weighted by atomic mass is 16.7. The van der Waals surface area contributed by atoms with Crippen LogP contribution in [-0.2, 0) is 16.2 Å². The molecule has 0 aromatic heterocycles. The number of carbonyl (C=O) groups excluding carboxylic acids is 2. The zero-order valence-corrected chi connectivity index (χ0v) is 32.7. The molecule has 3 aliphatic carbocycles. The average molecular weight is 738 g/mol. The number of ether oxygens (including phenoxy) is 1. The standard InChI is InChI=1S/C40H59N5O8/c1-22(2)13-29(20-43(7)8)41-38(48)27-14-26(15-30(16-27)45(50)51)31-12-10-11-25(37(31)52-9)19-44-36(35(24(4)47)34(21-46)53-44)39(49)42-33-18-28-17-32(23(33)3)40(28,5)6/h10-12,14-16,22-24,28-29,32-36,46-47H,13,17-21H2,1-9H3,(H,41,48)(H,42,49)/t23-,24?,28+,29+,32-,33-,34-,35?,36-/m0/s1. The third kappa shape index (κ3) is 8.54. The first-order valence-electron chi connectivity index (χ1n) is 18.9. The lowest BCUT2D eigenvalue weighted by Crippen LogP contribution is -2.62. The van der Waals surface area contributed by atoms with Crippen LogP contribution in [0, 0.1) is 45.1 Å². The molecule has 2 amide bonds. The molecule has 4 aliphatic rings. The molecule has 2 aromatic carbocycles. The molecule has 13 heteroatoms. The van der Waals surface area contributed by atoms with Crippen molar-refractivity contribution in [3.63, 3.8) is 0 Å². The molecule has 0 spiro atoms. The van der Waals surface area contributed by atoms with Crippen LogP contribution in [0.25, 0.3) is 11.1 Å². The number of nitro groups is 1. The second-order valence-electron chi connectivity index (χ2n) is 16.8. The molecule has 13 nitrogen and oxygen atoms in total. The quantitative estimate of drug-likeness (QED) is 0.150. The molecule has 4 N–H and O–H groups in total. The van der Waals surface area contributed by atoms with Crippen molar-refractivity contribution in [2.75, 3.05) is 34.4 Å². The number of rotatable bonds is 15. The summed E-state index contributed by atoms with van der Waals surface area (Å²) in [5, 5.41) is 41.2. The SMILES string of the molecule is COc1c(CN2O[C@@H](CO)C(C(C)O)[C@H]2C(=O)N[C@H]2C[C@H]3C[C@@H]([C@@H]2C)C3(C)C)cccc1-c1cc(C(=O)N[C@H](CC(C)C)CN(C)C)cc([N+](=O)[O-])c1. The predicted molar refractivity (Wildman–Crippen MR) is 202 cm³/mol. The van der Waals surface area contributed by atoms with Gasteiger partial charge in [0.25, 0.3) is 11.6 Å². The Hall–Kier alpha value is -3.62. The number of carbonyl (C=O) groups is 2. The number of hydroxylamine groups is 2. The monoisotopic (exact) mass is 737 g/mol. The van der Waals surface area contributed by atoms with E-state index in [0.717, 1.165) is 12.8 Å². The number of hydrogen-bond acceptors (Lipinski definition) is 10. The smallest absolute Gasteiger partial charge is 0.270 e. The topological polar surface area (TPSA) is 167 Å². The van der Waals surface area contributed by atoms with E-state index < -0.39 is 41.6 Å². The second-order valence-corrected chi connectivity index (χ2v) is 16.8. The van der Waals surface area contributed by atoms with Crippen molar-refractivity contribution < 1.29 is 34.3 Å². The number of fused-ring (bicyclic) bond motifs is 2. The molecule has 0 radical (unpaired) electrons. The van der Waals surface area contributed by atoms with Crippen LogP contribution in [-0.4, -0.2) is 102 Å². The number of hydrogen-bond donors (Lipinski definition) is 4. The van der Waals surface area contributed by atoms with Gasteiger partial charge in [-0.15, -0.1) is 0 Å². The fourth-order valence-electron chi connectivity index (χ4n) is 9.29. The van der Waals surface area contributed by atoms with Crippen molar-refractivity contribution in [2.24, 2.45) is 35.0 Å². The summed E-state index contributed by atoms with van der Waals surface area (Å²) < 4.78 is 5.93. The molecule has 53 heavy (non-hydrogen) atoms. The summed E-state index contributed by atoms with van der Waals surface area (Å²) in [6.45, 7) is 12.9. The van der Waals surface area contributed by atoms with Gasteiger partial charge in [0.1, 0.15) is 17.9 Å². The number of para-hydroxylation sites is 1. The van der Waals surface area contributed by atoms with Gasteiger partial charge in [-0.05, 0) is 81.0 Å². The fourth-order valence-corrected chi connectivity index (χ4v) is 9.29. The van der Waals surface area contributed by atoms with Crippen LogP contribution in [0.15, 0.2) is 36.4 Å². The van der Waals surface area contributed by atoms with E-state index in [1.807, 2.05) is 25.1 Å². The van der Waals surface area contributed by atoms with E-state index in [9.17, 15) is 29.9 Å². The molecule has 292 valence electrons. The summed E-state index contributed by atoms with van der Waals surface area (Å²) in [4.78, 5) is 47.6. The number of benzene rings is 2. The third-order valence-electron chi connectivity index (χ3n) is 12.1. The first kappa shape index (κ1) is 40.6. The van der Waals surface area contributed by atoms with Gasteiger partial charge in [0, 0.05) is 53.4 Å². The predicted octanol–water partition coefficient (Wildman–Crippen LogP) is 4.64. The molecule has 1 aliphatic heterocycles. The Bertz CT molecular complexity index is 1640. The molecule has 2 bridgehead atoms. The van der Waals surface area contributed by atoms with E-state index in [1.165, 1.54) is 30.7 Å². The Morgan fingerprint density at radius 1 is 1.17 bits per heavy atom. The average Bonchev–Trinajstić information content (AvgIpc) is 3.46. The molecule has 9 atom stereocenters. The molecule has 6 rings (SSSR count). The van der Waals surface area contributed by atoms with Crippen molar-refractivity contribution in [3.8, 4) is 16.9 Å². The van der Waals surface area contributed by atoms with Crippen LogP contribution in [0.3, 0.4) is 0 Å². The van der Waals surface area contributed by atoms with Crippen molar-refractivity contribution in [1.29, 1.82) is 0 Å². The number of aliphatic hydroxyl groups excluding tert-OH is 2. The van der Waals surface area contributed by atoms with Crippen molar-refractivity contribution in [1.82, 2.24) is 20.6 Å². The van der Waals surface area contributed by atoms with E-state index in [-0.39, 0.29) is 41.2 Å². The van der Waals surface area contributed by atoms with Gasteiger partial charge >= 0.3 is 0 Å². The Kier molecular flexibility index (Phi) is 12.6. The van der Waals surface area contributed by atoms with Crippen LogP contribution >= 0.6 is 0 Å². The first-order valence-corrected chi connectivity index (χ1v) is 18.9. The Balaban J connectivity index is 1.45. The maximum absolute atomic E-state index is 14.2. The lowest BCUT2D eigenvalue weighted by atomic mass is 9.45. The van der Waals surface area contributed by atoms with Gasteiger partial charge in [0.05, 0.1) is 31.3 Å². The highest BCUT2D eigenvalue weighted by Gasteiger charge is 2.57. The maximum Gasteiger partial charge on any atom is 0.270 e. The third-order valence-corrected chi connectivity index (χ3v) is 12.1. The number of amides is 2. The van der Waals surface area contributed by atoms with Gasteiger partial charge in [0.2, 0.25) is 5.91 Å². The fraction of sp³-hybridized carbons (Fsp3) is 0.650. The minimum atomic E-state index is -0.954. The Morgan fingerprint density at radius 3 is 2.45 bits per heavy atom. The zero-order valence-electron chi connectivity index (χ0n) is 32.7. The second kappa shape index (κ2) is 16.4. The highest BCUT2D eigenvalue weighted by molar-refractivity contribution is 5.97. The molecular formula is C40H59N5O8. The normalized spacial score (nSPS) is 27.6. The van der Waals surface area contributed by atoms with Gasteiger partial charge in [0.15, 0.2) is 0 Å². The number of likely N-dealkylation sites (N-methyl/N-ethyl adjacent to an activating group) is 1. The van der Waals surface area contributed by atoms with E-state index in [0.29, 0.717) is 52.7 Å². The summed E-state index contributed by atoms with van der Waals surface area (Å²) in [6, 6.07) is 8.59. The molecule has 1 saturated heterocycles. The van der Waals surface area contributed by atoms with Crippen molar-refractivity contribution in [3.05, 3.63) is 57.6 Å². The van der Waals surface area contributed by atoms with Gasteiger partial charge in [-0.1, -0.05) is 52.8 Å². The maximum atomic E-state index is 14.2. The Morgan fingerprint density at radius 2 is 1.89 bits per heavy atom. The van der Waals surface area contributed by atoms with Gasteiger partial charge in [-0.3, -0.25) is 24.5 Å². The number of nitrogens with one attached hydrogen (secondary N) is 2. The summed E-state index contributed by atoms with van der Waals surface area (Å²) in [5.41, 5.74) is 1.70. The largest absolute Gasteiger partial charge is 0.496 e. The summed E-state index contributed by atoms with van der Waals surface area (Å²) >= 11 is 0. The van der Waals surface area contributed by atoms with Crippen LogP contribution in [0.4, 0.5) is 5.69 Å². The Labute approximate surface area is 313 Å². The van der Waals surface area contributed by atoms with Crippen LogP contribution in [0.5, 0.6) is 5.75 Å². The van der Waals surface area contributed by atoms with E-state index in [4.69, 9.17) is 9.57 Å². The minimum absolute atomic E-state index is 0.00869. The highest BCUT2D eigenvalue weighted by Crippen LogP contribution is 2.61. The summed E-state index contributed by atoms with van der Waals surface area (Å²) in [7, 11) is 5.35. The number of nitro benzene ring substituents is 1. The minimum Gasteiger partial charge on any atom is -0.496 e. The van der Waals surface area contributed by atoms with Crippen molar-refractivity contribution in [2.45, 2.75) is 97.7 Å². The van der Waals surface area contributed by atoms with Gasteiger partial charge in [-0.25, -0.2) is 0 Å². The van der Waals surface area contributed by atoms with E-state index in [2.05, 4.69) is 45.3 Å². The van der Waals surface area contributed by atoms with Crippen LogP contribution in [0.2, 0.25) is 0 Å². The molecule has 1 heterocycles. The molecular weight excluding hydrogens is 678 g/mol. The molecule has 4 fully saturated rings. The van der Waals surface area contributed by atoms with E-state index in [1.54, 1.807) is 25.1 Å². The molecule has 2 unspecified atom stereocenters. The lowest BCUT2D eigenvalue weighted by Gasteiger charge is -2.62. The zero-order chi connectivity index (χ0) is 38.9. The summed E-state index contributed by atoms with van der Waals surface area (Å²) in [6.07, 6.45) is 1.03. The van der Waals surface area contributed by atoms with Crippen LogP contribution in [0.1, 0.15) is 76.7 Å². The van der Waals surface area contributed by atoms with Crippen LogP contribution < -0.4 is 15.4 Å². The first-order chi connectivity index (χ1) is 25.0. The molecule has 2 aromatic rings. The number of non-ortho nitro benzene ring substituents is 1. The molecule has 3 saturated carbocycles. The van der Waals surface area contributed by atoms with E-state index >= 15 is 0 Å². The number of methoxy groups -OCH3 is 1. The summed E-state index contributed by atoms with van der Waals surface area (Å²) in [5.74, 6) is 0.681. The van der Waals surface area contributed by atoms with Gasteiger partial charge < -0.3 is 30.5 Å². The number of aliphatic hydroxyl groups is 2. The lowest BCUT2D eigenvalue weighted by molar-refractivity contribution is -0.384. The van der Waals surface area contributed by atoms with Crippen molar-refractivity contribution >= 4 is 17.5 Å².